The average Bonchev–Trinajstić information content (AvgIpc) is 2.85. The molecule has 1 aromatic heterocycles. The minimum atomic E-state index is 0.267. The lowest BCUT2D eigenvalue weighted by Gasteiger charge is -2.22. The van der Waals surface area contributed by atoms with Crippen molar-refractivity contribution in [2.45, 2.75) is 58.4 Å². The molecule has 0 aliphatic heterocycles. The van der Waals surface area contributed by atoms with Crippen LogP contribution in [0.15, 0.2) is 12.3 Å². The number of nitrogens with zero attached hydrogens (tertiary/aromatic N) is 2. The summed E-state index contributed by atoms with van der Waals surface area (Å²) in [6, 6.07) is 2.83. The van der Waals surface area contributed by atoms with Crippen molar-refractivity contribution in [2.24, 2.45) is 11.1 Å². The molecule has 0 saturated heterocycles. The summed E-state index contributed by atoms with van der Waals surface area (Å²) in [7, 11) is 0. The molecule has 2 rings (SSSR count). The Morgan fingerprint density at radius 1 is 1.41 bits per heavy atom. The second-order valence-corrected chi connectivity index (χ2v) is 6.11. The minimum Gasteiger partial charge on any atom is -0.330 e. The molecule has 1 heterocycles. The normalized spacial score (nSPS) is 17.8. The predicted octanol–water partition coefficient (Wildman–Crippen LogP) is 2.92. The van der Waals surface area contributed by atoms with E-state index in [1.807, 2.05) is 0 Å². The zero-order valence-corrected chi connectivity index (χ0v) is 11.2. The maximum Gasteiger partial charge on any atom is 0.0630 e. The van der Waals surface area contributed by atoms with Crippen molar-refractivity contribution in [3.05, 3.63) is 18.0 Å². The lowest BCUT2D eigenvalue weighted by Crippen LogP contribution is -2.20. The van der Waals surface area contributed by atoms with Gasteiger partial charge in [0.05, 0.1) is 11.7 Å². The van der Waals surface area contributed by atoms with Gasteiger partial charge in [0, 0.05) is 6.20 Å². The van der Waals surface area contributed by atoms with Crippen molar-refractivity contribution in [3.63, 3.8) is 0 Å². The molecule has 0 spiro atoms. The first kappa shape index (κ1) is 12.6. The van der Waals surface area contributed by atoms with Crippen LogP contribution < -0.4 is 5.73 Å². The topological polar surface area (TPSA) is 43.8 Å². The maximum absolute atomic E-state index is 5.65. The van der Waals surface area contributed by atoms with Crippen molar-refractivity contribution in [3.8, 4) is 0 Å². The molecule has 1 saturated carbocycles. The quantitative estimate of drug-likeness (QED) is 0.852. The van der Waals surface area contributed by atoms with E-state index in [1.165, 1.54) is 31.4 Å². The van der Waals surface area contributed by atoms with Gasteiger partial charge in [0.1, 0.15) is 0 Å². The highest BCUT2D eigenvalue weighted by Gasteiger charge is 2.21. The fraction of sp³-hybridized carbons (Fsp3) is 0.786. The van der Waals surface area contributed by atoms with E-state index in [-0.39, 0.29) is 5.41 Å². The molecule has 3 heteroatoms. The molecule has 0 amide bonds. The van der Waals surface area contributed by atoms with E-state index in [1.54, 1.807) is 0 Å². The number of rotatable bonds is 5. The molecule has 2 N–H and O–H groups in total. The molecule has 1 aliphatic rings. The molecule has 0 aromatic carbocycles. The van der Waals surface area contributed by atoms with E-state index < -0.39 is 0 Å². The molecule has 3 nitrogen and oxygen atoms in total. The van der Waals surface area contributed by atoms with Gasteiger partial charge in [-0.25, -0.2) is 0 Å². The highest BCUT2D eigenvalue weighted by Crippen LogP contribution is 2.30. The first-order valence-corrected chi connectivity index (χ1v) is 6.85. The Labute approximate surface area is 104 Å². The van der Waals surface area contributed by atoms with Crippen molar-refractivity contribution in [2.75, 3.05) is 6.54 Å². The van der Waals surface area contributed by atoms with E-state index in [0.29, 0.717) is 6.04 Å². The Bertz CT molecular complexity index is 348. The third kappa shape index (κ3) is 3.32. The summed E-state index contributed by atoms with van der Waals surface area (Å²) in [6.07, 6.45) is 9.56. The van der Waals surface area contributed by atoms with Gasteiger partial charge < -0.3 is 5.73 Å². The lowest BCUT2D eigenvalue weighted by molar-refractivity contribution is 0.332. The molecular formula is C14H25N3. The van der Waals surface area contributed by atoms with Crippen LogP contribution in [0.2, 0.25) is 0 Å². The highest BCUT2D eigenvalue weighted by atomic mass is 15.3. The number of hydrogen-bond donors (Lipinski definition) is 1. The molecule has 17 heavy (non-hydrogen) atoms. The average molecular weight is 235 g/mol. The zero-order valence-electron chi connectivity index (χ0n) is 11.2. The summed E-state index contributed by atoms with van der Waals surface area (Å²) < 4.78 is 2.18. The molecule has 1 aromatic rings. The Morgan fingerprint density at radius 3 is 2.76 bits per heavy atom. The Hall–Kier alpha value is -0.830. The molecule has 0 atom stereocenters. The third-order valence-corrected chi connectivity index (χ3v) is 3.84. The van der Waals surface area contributed by atoms with E-state index >= 15 is 0 Å². The second-order valence-electron chi connectivity index (χ2n) is 6.11. The molecule has 1 fully saturated rings. The van der Waals surface area contributed by atoms with Gasteiger partial charge in [-0.05, 0) is 43.7 Å². The first-order chi connectivity index (χ1) is 8.11. The molecule has 96 valence electrons. The SMILES string of the molecule is CC(C)(CCN)Cc1ccn(C2CCCC2)n1. The van der Waals surface area contributed by atoms with Gasteiger partial charge in [-0.15, -0.1) is 0 Å². The van der Waals surface area contributed by atoms with E-state index in [2.05, 4.69) is 30.8 Å². The van der Waals surface area contributed by atoms with Gasteiger partial charge in [-0.2, -0.15) is 5.10 Å². The van der Waals surface area contributed by atoms with Gasteiger partial charge in [-0.3, -0.25) is 4.68 Å². The third-order valence-electron chi connectivity index (χ3n) is 3.84. The summed E-state index contributed by atoms with van der Waals surface area (Å²) >= 11 is 0. The Kier molecular flexibility index (Phi) is 3.87. The predicted molar refractivity (Wildman–Crippen MR) is 70.9 cm³/mol. The number of hydrogen-bond acceptors (Lipinski definition) is 2. The van der Waals surface area contributed by atoms with Crippen LogP contribution in [-0.2, 0) is 6.42 Å². The van der Waals surface area contributed by atoms with Gasteiger partial charge in [0.2, 0.25) is 0 Å². The zero-order chi connectivity index (χ0) is 12.3. The lowest BCUT2D eigenvalue weighted by atomic mass is 9.84. The van der Waals surface area contributed by atoms with Crippen molar-refractivity contribution in [1.29, 1.82) is 0 Å². The number of nitrogens with two attached hydrogens (primary N) is 1. The Morgan fingerprint density at radius 2 is 2.12 bits per heavy atom. The van der Waals surface area contributed by atoms with Crippen molar-refractivity contribution >= 4 is 0 Å². The summed E-state index contributed by atoms with van der Waals surface area (Å²) in [5, 5.41) is 4.74. The molecule has 0 bridgehead atoms. The fourth-order valence-corrected chi connectivity index (χ4v) is 2.81. The minimum absolute atomic E-state index is 0.267. The summed E-state index contributed by atoms with van der Waals surface area (Å²) in [5.74, 6) is 0. The first-order valence-electron chi connectivity index (χ1n) is 6.85. The van der Waals surface area contributed by atoms with Gasteiger partial charge >= 0.3 is 0 Å². The van der Waals surface area contributed by atoms with Crippen LogP contribution in [0, 0.1) is 5.41 Å². The maximum atomic E-state index is 5.65. The van der Waals surface area contributed by atoms with Crippen LogP contribution >= 0.6 is 0 Å². The van der Waals surface area contributed by atoms with Crippen LogP contribution in [0.3, 0.4) is 0 Å². The van der Waals surface area contributed by atoms with Crippen LogP contribution in [0.25, 0.3) is 0 Å². The van der Waals surface area contributed by atoms with Gasteiger partial charge in [0.25, 0.3) is 0 Å². The molecular weight excluding hydrogens is 210 g/mol. The summed E-state index contributed by atoms with van der Waals surface area (Å²) in [6.45, 7) is 5.30. The van der Waals surface area contributed by atoms with Gasteiger partial charge in [-0.1, -0.05) is 26.7 Å². The second kappa shape index (κ2) is 5.21. The van der Waals surface area contributed by atoms with Gasteiger partial charge in [0.15, 0.2) is 0 Å². The monoisotopic (exact) mass is 235 g/mol. The standard InChI is InChI=1S/C14H25N3/c1-14(2,8-9-15)11-12-7-10-17(16-12)13-5-3-4-6-13/h7,10,13H,3-6,8-9,11,15H2,1-2H3. The van der Waals surface area contributed by atoms with E-state index in [9.17, 15) is 0 Å². The molecule has 0 radical (unpaired) electrons. The summed E-state index contributed by atoms with van der Waals surface area (Å²) in [4.78, 5) is 0. The van der Waals surface area contributed by atoms with Crippen LogP contribution in [0.5, 0.6) is 0 Å². The Balaban J connectivity index is 1.98. The fourth-order valence-electron chi connectivity index (χ4n) is 2.81. The van der Waals surface area contributed by atoms with E-state index in [0.717, 1.165) is 19.4 Å². The largest absolute Gasteiger partial charge is 0.330 e. The van der Waals surface area contributed by atoms with Crippen molar-refractivity contribution in [1.82, 2.24) is 9.78 Å². The van der Waals surface area contributed by atoms with Crippen LogP contribution in [0.1, 0.15) is 57.7 Å². The van der Waals surface area contributed by atoms with Crippen LogP contribution in [0.4, 0.5) is 0 Å². The van der Waals surface area contributed by atoms with Crippen molar-refractivity contribution < 1.29 is 0 Å². The van der Waals surface area contributed by atoms with Crippen LogP contribution in [-0.4, -0.2) is 16.3 Å². The van der Waals surface area contributed by atoms with E-state index in [4.69, 9.17) is 10.8 Å². The highest BCUT2D eigenvalue weighted by molar-refractivity contribution is 5.03. The number of aromatic nitrogens is 2. The molecule has 0 unspecified atom stereocenters. The smallest absolute Gasteiger partial charge is 0.0630 e. The summed E-state index contributed by atoms with van der Waals surface area (Å²) in [5.41, 5.74) is 7.13. The molecule has 1 aliphatic carbocycles.